The van der Waals surface area contributed by atoms with E-state index in [0.717, 1.165) is 44.3 Å². The molecule has 7 rings (SSSR count). The van der Waals surface area contributed by atoms with Crippen LogP contribution in [0.2, 0.25) is 0 Å². The Balaban J connectivity index is 1.16. The molecule has 0 radical (unpaired) electrons. The number of anilines is 3. The van der Waals surface area contributed by atoms with Crippen LogP contribution < -0.4 is 26.8 Å². The van der Waals surface area contributed by atoms with Gasteiger partial charge < -0.3 is 21.3 Å². The van der Waals surface area contributed by atoms with E-state index in [0.29, 0.717) is 40.3 Å². The largest absolute Gasteiger partial charge is 0.336 e. The van der Waals surface area contributed by atoms with Gasteiger partial charge in [0, 0.05) is 12.0 Å². The number of pyridine rings is 1. The SMILES string of the molecule is Cc1cc(Nc2cc(NC(=O)C3C4CNC[C@@H]43)ncn2)c(=O)n2c1C(=O)NC21CCC2(CC2)CC1. The standard InChI is InChI=1S/C25H29N7O3/c1-13-8-16(23(35)32-20(13)22(34)31-25(32)6-4-24(2-3-24)5-7-25)29-17-9-18(28-12-27-17)30-21(33)19-14-10-26-11-15(14)19/h8-9,12,14-15,19,26H,2-7,10-11H2,1H3,(H,31,34)(H2,27,28,29,30,33)/t14-,15?,19?/m0/s1. The molecule has 35 heavy (non-hydrogen) atoms. The van der Waals surface area contributed by atoms with E-state index in [9.17, 15) is 14.4 Å². The summed E-state index contributed by atoms with van der Waals surface area (Å²) in [6, 6.07) is 3.34. The number of hydrogen-bond donors (Lipinski definition) is 4. The van der Waals surface area contributed by atoms with E-state index in [1.807, 2.05) is 6.92 Å². The molecule has 10 nitrogen and oxygen atoms in total. The van der Waals surface area contributed by atoms with Crippen molar-refractivity contribution in [1.82, 2.24) is 25.2 Å². The Morgan fingerprint density at radius 2 is 1.71 bits per heavy atom. The van der Waals surface area contributed by atoms with E-state index in [1.165, 1.54) is 19.2 Å². The lowest BCUT2D eigenvalue weighted by atomic mass is 9.79. The van der Waals surface area contributed by atoms with Gasteiger partial charge in [0.25, 0.3) is 11.5 Å². The second-order valence-corrected chi connectivity index (χ2v) is 11.1. The maximum Gasteiger partial charge on any atom is 0.276 e. The van der Waals surface area contributed by atoms with Gasteiger partial charge in [-0.2, -0.15) is 0 Å². The molecule has 2 amide bonds. The molecule has 5 aliphatic rings. The molecule has 0 aromatic carbocycles. The van der Waals surface area contributed by atoms with Crippen LogP contribution in [0.4, 0.5) is 17.3 Å². The molecule has 2 aromatic rings. The van der Waals surface area contributed by atoms with Crippen molar-refractivity contribution in [3.8, 4) is 0 Å². The maximum atomic E-state index is 13.7. The first kappa shape index (κ1) is 21.0. The van der Waals surface area contributed by atoms with Crippen LogP contribution in [-0.4, -0.2) is 39.4 Å². The summed E-state index contributed by atoms with van der Waals surface area (Å²) in [5.41, 5.74) is 1.09. The van der Waals surface area contributed by atoms with Crippen LogP contribution >= 0.6 is 0 Å². The number of nitrogens with one attached hydrogen (secondary N) is 4. The van der Waals surface area contributed by atoms with Crippen molar-refractivity contribution in [3.63, 3.8) is 0 Å². The third-order valence-electron chi connectivity index (χ3n) is 9.05. The van der Waals surface area contributed by atoms with Crippen LogP contribution in [0.15, 0.2) is 23.3 Å². The fraction of sp³-hybridized carbons (Fsp3) is 0.560. The number of rotatable bonds is 4. The van der Waals surface area contributed by atoms with E-state index in [1.54, 1.807) is 16.7 Å². The molecule has 2 aliphatic heterocycles. The van der Waals surface area contributed by atoms with Crippen molar-refractivity contribution >= 4 is 29.1 Å². The zero-order valence-corrected chi connectivity index (χ0v) is 19.7. The Hall–Kier alpha value is -3.27. The van der Waals surface area contributed by atoms with Gasteiger partial charge in [0.15, 0.2) is 0 Å². The number of aromatic nitrogens is 3. The summed E-state index contributed by atoms with van der Waals surface area (Å²) >= 11 is 0. The Bertz CT molecular complexity index is 1310. The summed E-state index contributed by atoms with van der Waals surface area (Å²) < 4.78 is 1.69. The molecule has 4 N–H and O–H groups in total. The highest BCUT2D eigenvalue weighted by Crippen LogP contribution is 2.59. The lowest BCUT2D eigenvalue weighted by molar-refractivity contribution is -0.118. The maximum absolute atomic E-state index is 13.7. The normalized spacial score (nSPS) is 28.4. The van der Waals surface area contributed by atoms with Crippen LogP contribution in [0.1, 0.15) is 54.6 Å². The summed E-state index contributed by atoms with van der Waals surface area (Å²) in [5.74, 6) is 1.50. The molecule has 3 atom stereocenters. The van der Waals surface area contributed by atoms with Crippen molar-refractivity contribution < 1.29 is 9.59 Å². The summed E-state index contributed by atoms with van der Waals surface area (Å²) in [6.07, 6.45) is 7.49. The summed E-state index contributed by atoms with van der Waals surface area (Å²) in [6.45, 7) is 3.63. The predicted octanol–water partition coefficient (Wildman–Crippen LogP) is 1.84. The lowest BCUT2D eigenvalue weighted by Gasteiger charge is -2.39. The smallest absolute Gasteiger partial charge is 0.276 e. The number of fused-ring (bicyclic) bond motifs is 3. The minimum Gasteiger partial charge on any atom is -0.336 e. The molecule has 3 aliphatic carbocycles. The fourth-order valence-electron chi connectivity index (χ4n) is 6.72. The van der Waals surface area contributed by atoms with E-state index in [-0.39, 0.29) is 23.3 Å². The van der Waals surface area contributed by atoms with Crippen LogP contribution in [0.3, 0.4) is 0 Å². The predicted molar refractivity (Wildman–Crippen MR) is 128 cm³/mol. The van der Waals surface area contributed by atoms with Crippen LogP contribution in [0.25, 0.3) is 0 Å². The molecule has 2 spiro atoms. The topological polar surface area (TPSA) is 130 Å². The number of amides is 2. The monoisotopic (exact) mass is 475 g/mol. The average molecular weight is 476 g/mol. The fourth-order valence-corrected chi connectivity index (χ4v) is 6.72. The average Bonchev–Trinajstić information content (AvgIpc) is 3.67. The highest BCUT2D eigenvalue weighted by Gasteiger charge is 2.57. The minimum atomic E-state index is -0.651. The summed E-state index contributed by atoms with van der Waals surface area (Å²) in [4.78, 5) is 47.6. The van der Waals surface area contributed by atoms with E-state index in [2.05, 4.69) is 31.2 Å². The number of carbonyl (C=O) groups is 2. The molecule has 3 saturated carbocycles. The Morgan fingerprint density at radius 1 is 1.03 bits per heavy atom. The Labute approximate surface area is 202 Å². The Morgan fingerprint density at radius 3 is 2.43 bits per heavy atom. The second-order valence-electron chi connectivity index (χ2n) is 11.1. The lowest BCUT2D eigenvalue weighted by Crippen LogP contribution is -2.50. The molecule has 2 unspecified atom stereocenters. The first-order valence-electron chi connectivity index (χ1n) is 12.6. The molecule has 4 heterocycles. The van der Waals surface area contributed by atoms with Crippen molar-refractivity contribution in [3.05, 3.63) is 40.1 Å². The van der Waals surface area contributed by atoms with Gasteiger partial charge in [0.1, 0.15) is 35.0 Å². The molecule has 182 valence electrons. The molecule has 2 aromatic heterocycles. The van der Waals surface area contributed by atoms with Crippen LogP contribution in [0.5, 0.6) is 0 Å². The van der Waals surface area contributed by atoms with E-state index in [4.69, 9.17) is 0 Å². The zero-order chi connectivity index (χ0) is 23.9. The molecular weight excluding hydrogens is 446 g/mol. The van der Waals surface area contributed by atoms with Crippen molar-refractivity contribution in [1.29, 1.82) is 0 Å². The van der Waals surface area contributed by atoms with E-state index >= 15 is 0 Å². The van der Waals surface area contributed by atoms with Gasteiger partial charge in [-0.15, -0.1) is 0 Å². The van der Waals surface area contributed by atoms with Crippen molar-refractivity contribution in [2.24, 2.45) is 23.2 Å². The van der Waals surface area contributed by atoms with Gasteiger partial charge in [-0.05, 0) is 87.4 Å². The number of nitrogens with zero attached hydrogens (tertiary/aromatic N) is 3. The van der Waals surface area contributed by atoms with Gasteiger partial charge >= 0.3 is 0 Å². The first-order valence-corrected chi connectivity index (χ1v) is 12.6. The van der Waals surface area contributed by atoms with Crippen LogP contribution in [0, 0.1) is 30.1 Å². The second kappa shape index (κ2) is 7.13. The van der Waals surface area contributed by atoms with Gasteiger partial charge in [-0.3, -0.25) is 19.0 Å². The molecule has 10 heteroatoms. The highest BCUT2D eigenvalue weighted by atomic mass is 16.2. The third kappa shape index (κ3) is 3.22. The number of hydrogen-bond acceptors (Lipinski definition) is 7. The van der Waals surface area contributed by atoms with Gasteiger partial charge in [0.2, 0.25) is 5.91 Å². The number of carbonyl (C=O) groups excluding carboxylic acids is 2. The highest BCUT2D eigenvalue weighted by molar-refractivity contribution is 5.97. The zero-order valence-electron chi connectivity index (χ0n) is 19.7. The summed E-state index contributed by atoms with van der Waals surface area (Å²) in [5, 5.41) is 12.5. The number of piperidine rings is 1. The van der Waals surface area contributed by atoms with Crippen molar-refractivity contribution in [2.45, 2.75) is 51.1 Å². The van der Waals surface area contributed by atoms with Gasteiger partial charge in [0.05, 0.1) is 0 Å². The minimum absolute atomic E-state index is 0.0168. The van der Waals surface area contributed by atoms with Gasteiger partial charge in [-0.1, -0.05) is 0 Å². The third-order valence-corrected chi connectivity index (χ3v) is 9.05. The molecule has 1 saturated heterocycles. The quantitative estimate of drug-likeness (QED) is 0.531. The molecule has 0 bridgehead atoms. The number of aryl methyl sites for hydroxylation is 1. The first-order chi connectivity index (χ1) is 16.9. The van der Waals surface area contributed by atoms with Gasteiger partial charge in [-0.25, -0.2) is 9.97 Å². The van der Waals surface area contributed by atoms with E-state index < -0.39 is 5.66 Å². The summed E-state index contributed by atoms with van der Waals surface area (Å²) in [7, 11) is 0. The van der Waals surface area contributed by atoms with Crippen molar-refractivity contribution in [2.75, 3.05) is 23.7 Å². The Kier molecular flexibility index (Phi) is 4.29. The molecule has 4 fully saturated rings. The van der Waals surface area contributed by atoms with Crippen LogP contribution in [-0.2, 0) is 10.5 Å². The molecular formula is C25H29N7O3.